The maximum absolute atomic E-state index is 12.1. The summed E-state index contributed by atoms with van der Waals surface area (Å²) >= 11 is 0. The second-order valence-electron chi connectivity index (χ2n) is 5.87. The molecule has 0 aromatic heterocycles. The normalized spacial score (nSPS) is 12.3. The number of benzene rings is 2. The zero-order valence-corrected chi connectivity index (χ0v) is 15.4. The first-order valence-corrected chi connectivity index (χ1v) is 9.90. The van der Waals surface area contributed by atoms with Gasteiger partial charge in [-0.25, -0.2) is 13.2 Å². The third-order valence-electron chi connectivity index (χ3n) is 3.68. The summed E-state index contributed by atoms with van der Waals surface area (Å²) in [6.45, 7) is 4.01. The molecule has 2 rings (SSSR count). The van der Waals surface area contributed by atoms with Crippen molar-refractivity contribution in [3.63, 3.8) is 0 Å². The summed E-state index contributed by atoms with van der Waals surface area (Å²) in [6.07, 6.45) is 2.06. The number of carbonyl (C=O) groups is 1. The lowest BCUT2D eigenvalue weighted by Gasteiger charge is -2.15. The number of nitrogens with one attached hydrogen (secondary N) is 3. The molecule has 0 saturated heterocycles. The maximum atomic E-state index is 12.1. The molecule has 0 saturated carbocycles. The third kappa shape index (κ3) is 6.11. The van der Waals surface area contributed by atoms with E-state index in [9.17, 15) is 13.2 Å². The summed E-state index contributed by atoms with van der Waals surface area (Å²) in [7, 11) is -3.31. The average molecular weight is 361 g/mol. The first-order chi connectivity index (χ1) is 11.8. The summed E-state index contributed by atoms with van der Waals surface area (Å²) < 4.78 is 24.7. The van der Waals surface area contributed by atoms with Crippen LogP contribution in [0.4, 0.5) is 16.2 Å². The third-order valence-corrected chi connectivity index (χ3v) is 4.29. The van der Waals surface area contributed by atoms with Gasteiger partial charge in [0, 0.05) is 11.4 Å². The predicted octanol–water partition coefficient (Wildman–Crippen LogP) is 3.50. The lowest BCUT2D eigenvalue weighted by molar-refractivity contribution is 0.249. The first-order valence-electron chi connectivity index (χ1n) is 8.01. The molecule has 1 unspecified atom stereocenters. The molecule has 0 heterocycles. The van der Waals surface area contributed by atoms with Crippen LogP contribution in [0.15, 0.2) is 48.5 Å². The van der Waals surface area contributed by atoms with Gasteiger partial charge < -0.3 is 10.6 Å². The molecule has 6 nitrogen and oxygen atoms in total. The highest BCUT2D eigenvalue weighted by atomic mass is 32.2. The summed E-state index contributed by atoms with van der Waals surface area (Å²) in [5, 5.41) is 5.60. The number of urea groups is 1. The Labute approximate surface area is 148 Å². The largest absolute Gasteiger partial charge is 0.331 e. The van der Waals surface area contributed by atoms with Crippen LogP contribution < -0.4 is 15.4 Å². The van der Waals surface area contributed by atoms with Crippen LogP contribution in [0.2, 0.25) is 0 Å². The lowest BCUT2D eigenvalue weighted by atomic mass is 10.1. The molecular formula is C18H23N3O3S. The van der Waals surface area contributed by atoms with E-state index in [2.05, 4.69) is 34.4 Å². The molecule has 2 aromatic carbocycles. The van der Waals surface area contributed by atoms with Gasteiger partial charge in [-0.3, -0.25) is 4.72 Å². The maximum Gasteiger partial charge on any atom is 0.319 e. The van der Waals surface area contributed by atoms with Crippen LogP contribution in [0.1, 0.15) is 31.0 Å². The van der Waals surface area contributed by atoms with E-state index in [0.29, 0.717) is 11.4 Å². The topological polar surface area (TPSA) is 87.3 Å². The molecule has 0 spiro atoms. The van der Waals surface area contributed by atoms with Crippen LogP contribution in [0.25, 0.3) is 0 Å². The highest BCUT2D eigenvalue weighted by molar-refractivity contribution is 7.92. The van der Waals surface area contributed by atoms with E-state index in [1.807, 2.05) is 19.1 Å². The van der Waals surface area contributed by atoms with E-state index in [4.69, 9.17) is 0 Å². The van der Waals surface area contributed by atoms with Gasteiger partial charge in [-0.05, 0) is 48.7 Å². The Bertz CT molecular complexity index is 816. The number of hydrogen-bond acceptors (Lipinski definition) is 3. The minimum atomic E-state index is -3.31. The van der Waals surface area contributed by atoms with E-state index in [0.717, 1.165) is 18.2 Å². The number of carbonyl (C=O) groups excluding carboxylic acids is 1. The summed E-state index contributed by atoms with van der Waals surface area (Å²) in [4.78, 5) is 12.1. The van der Waals surface area contributed by atoms with Crippen LogP contribution >= 0.6 is 0 Å². The van der Waals surface area contributed by atoms with Crippen LogP contribution in [0.5, 0.6) is 0 Å². The second kappa shape index (κ2) is 8.02. The quantitative estimate of drug-likeness (QED) is 0.736. The van der Waals surface area contributed by atoms with Gasteiger partial charge in [0.15, 0.2) is 0 Å². The number of aryl methyl sites for hydroxylation is 1. The molecule has 0 aliphatic carbocycles. The van der Waals surface area contributed by atoms with Crippen LogP contribution in [0, 0.1) is 0 Å². The fourth-order valence-corrected chi connectivity index (χ4v) is 2.89. The highest BCUT2D eigenvalue weighted by Gasteiger charge is 2.10. The van der Waals surface area contributed by atoms with Gasteiger partial charge in [0.25, 0.3) is 0 Å². The van der Waals surface area contributed by atoms with E-state index >= 15 is 0 Å². The van der Waals surface area contributed by atoms with Crippen LogP contribution in [0.3, 0.4) is 0 Å². The van der Waals surface area contributed by atoms with Crippen molar-refractivity contribution in [2.75, 3.05) is 16.3 Å². The summed E-state index contributed by atoms with van der Waals surface area (Å²) in [6, 6.07) is 14.1. The minimum absolute atomic E-state index is 0.128. The molecule has 1 atom stereocenters. The van der Waals surface area contributed by atoms with Gasteiger partial charge in [-0.2, -0.15) is 0 Å². The van der Waals surface area contributed by atoms with Crippen molar-refractivity contribution in [3.8, 4) is 0 Å². The Morgan fingerprint density at radius 2 is 1.56 bits per heavy atom. The molecule has 0 radical (unpaired) electrons. The van der Waals surface area contributed by atoms with Crippen molar-refractivity contribution in [2.45, 2.75) is 26.3 Å². The van der Waals surface area contributed by atoms with E-state index < -0.39 is 10.0 Å². The van der Waals surface area contributed by atoms with E-state index in [-0.39, 0.29) is 12.1 Å². The summed E-state index contributed by atoms with van der Waals surface area (Å²) in [5.41, 5.74) is 3.30. The van der Waals surface area contributed by atoms with Gasteiger partial charge >= 0.3 is 6.03 Å². The SMILES string of the molecule is CCc1ccc(C(C)NC(=O)Nc2ccc(NS(C)(=O)=O)cc2)cc1. The molecule has 3 N–H and O–H groups in total. The number of rotatable bonds is 6. The lowest BCUT2D eigenvalue weighted by Crippen LogP contribution is -2.31. The Morgan fingerprint density at radius 3 is 2.08 bits per heavy atom. The molecule has 2 aromatic rings. The van der Waals surface area contributed by atoms with Crippen molar-refractivity contribution < 1.29 is 13.2 Å². The van der Waals surface area contributed by atoms with Crippen molar-refractivity contribution in [1.82, 2.24) is 5.32 Å². The fraction of sp³-hybridized carbons (Fsp3) is 0.278. The monoisotopic (exact) mass is 361 g/mol. The molecule has 2 amide bonds. The van der Waals surface area contributed by atoms with Crippen LogP contribution in [-0.4, -0.2) is 20.7 Å². The van der Waals surface area contributed by atoms with E-state index in [1.54, 1.807) is 24.3 Å². The standard InChI is InChI=1S/C18H23N3O3S/c1-4-14-5-7-15(8-6-14)13(2)19-18(22)20-16-9-11-17(12-10-16)21-25(3,23)24/h5-13,21H,4H2,1-3H3,(H2,19,20,22). The van der Waals surface area contributed by atoms with Crippen molar-refractivity contribution in [2.24, 2.45) is 0 Å². The van der Waals surface area contributed by atoms with Gasteiger partial charge in [0.2, 0.25) is 10.0 Å². The predicted molar refractivity (Wildman–Crippen MR) is 101 cm³/mol. The van der Waals surface area contributed by atoms with Gasteiger partial charge in [-0.15, -0.1) is 0 Å². The van der Waals surface area contributed by atoms with Crippen LogP contribution in [-0.2, 0) is 16.4 Å². The second-order valence-corrected chi connectivity index (χ2v) is 7.62. The Kier molecular flexibility index (Phi) is 6.03. The van der Waals surface area contributed by atoms with Crippen molar-refractivity contribution in [1.29, 1.82) is 0 Å². The molecule has 0 fully saturated rings. The average Bonchev–Trinajstić information content (AvgIpc) is 2.55. The van der Waals surface area contributed by atoms with Gasteiger partial charge in [-0.1, -0.05) is 31.2 Å². The fourth-order valence-electron chi connectivity index (χ4n) is 2.32. The number of anilines is 2. The Hall–Kier alpha value is -2.54. The molecule has 0 aliphatic heterocycles. The number of hydrogen-bond donors (Lipinski definition) is 3. The molecule has 0 bridgehead atoms. The smallest absolute Gasteiger partial charge is 0.319 e. The molecule has 7 heteroatoms. The molecule has 25 heavy (non-hydrogen) atoms. The Balaban J connectivity index is 1.92. The zero-order chi connectivity index (χ0) is 18.4. The summed E-state index contributed by atoms with van der Waals surface area (Å²) in [5.74, 6) is 0. The number of amides is 2. The van der Waals surface area contributed by atoms with Crippen molar-refractivity contribution in [3.05, 3.63) is 59.7 Å². The molecule has 134 valence electrons. The van der Waals surface area contributed by atoms with Gasteiger partial charge in [0.1, 0.15) is 0 Å². The minimum Gasteiger partial charge on any atom is -0.331 e. The first kappa shape index (κ1) is 18.8. The number of sulfonamides is 1. The van der Waals surface area contributed by atoms with Crippen molar-refractivity contribution >= 4 is 27.4 Å². The molecule has 0 aliphatic rings. The molecular weight excluding hydrogens is 338 g/mol. The van der Waals surface area contributed by atoms with E-state index in [1.165, 1.54) is 5.56 Å². The highest BCUT2D eigenvalue weighted by Crippen LogP contribution is 2.16. The van der Waals surface area contributed by atoms with Gasteiger partial charge in [0.05, 0.1) is 12.3 Å². The zero-order valence-electron chi connectivity index (χ0n) is 14.5. The Morgan fingerprint density at radius 1 is 1.00 bits per heavy atom.